The molecule has 0 saturated carbocycles. The molecule has 0 radical (unpaired) electrons. The maximum absolute atomic E-state index is 13.6. The van der Waals surface area contributed by atoms with Gasteiger partial charge < -0.3 is 5.32 Å². The molecular weight excluding hydrogens is 275 g/mol. The van der Waals surface area contributed by atoms with Gasteiger partial charge in [0.05, 0.1) is 4.92 Å². The van der Waals surface area contributed by atoms with Gasteiger partial charge >= 0.3 is 0 Å². The van der Waals surface area contributed by atoms with Crippen LogP contribution in [0, 0.1) is 15.9 Å². The number of rotatable bonds is 4. The molecule has 4 nitrogen and oxygen atoms in total. The van der Waals surface area contributed by atoms with Crippen LogP contribution in [0.15, 0.2) is 18.2 Å². The standard InChI is InChI=1S/C11H13FN2O2S2/c12-9-2-1-3-10(14(15)16)11(9)13-6-8-7-17-4-5-18-8/h1-3,8,13H,4-7H2. The summed E-state index contributed by atoms with van der Waals surface area (Å²) >= 11 is 3.69. The number of nitro benzene ring substituents is 1. The van der Waals surface area contributed by atoms with Crippen LogP contribution < -0.4 is 5.32 Å². The lowest BCUT2D eigenvalue weighted by Crippen LogP contribution is -2.23. The molecule has 7 heteroatoms. The first-order valence-electron chi connectivity index (χ1n) is 5.54. The van der Waals surface area contributed by atoms with E-state index in [1.54, 1.807) is 0 Å². The van der Waals surface area contributed by atoms with E-state index in [-0.39, 0.29) is 11.4 Å². The molecule has 0 aliphatic carbocycles. The average molecular weight is 288 g/mol. The minimum Gasteiger partial charge on any atom is -0.376 e. The molecular formula is C11H13FN2O2S2. The summed E-state index contributed by atoms with van der Waals surface area (Å²) in [4.78, 5) is 10.3. The first-order valence-corrected chi connectivity index (χ1v) is 7.75. The first-order chi connectivity index (χ1) is 8.68. The Morgan fingerprint density at radius 1 is 1.50 bits per heavy atom. The van der Waals surface area contributed by atoms with Gasteiger partial charge in [0.2, 0.25) is 0 Å². The quantitative estimate of drug-likeness (QED) is 0.682. The minimum atomic E-state index is -0.572. The zero-order chi connectivity index (χ0) is 13.0. The maximum atomic E-state index is 13.6. The van der Waals surface area contributed by atoms with Gasteiger partial charge in [-0.1, -0.05) is 6.07 Å². The number of hydrogen-bond acceptors (Lipinski definition) is 5. The van der Waals surface area contributed by atoms with Crippen molar-refractivity contribution >= 4 is 34.9 Å². The molecule has 1 aromatic rings. The highest BCUT2D eigenvalue weighted by atomic mass is 32.2. The fourth-order valence-electron chi connectivity index (χ4n) is 1.71. The lowest BCUT2D eigenvalue weighted by Gasteiger charge is -2.21. The van der Waals surface area contributed by atoms with Gasteiger partial charge in [-0.05, 0) is 6.07 Å². The molecule has 1 saturated heterocycles. The SMILES string of the molecule is O=[N+]([O-])c1cccc(F)c1NCC1CSCCS1. The second-order valence-electron chi connectivity index (χ2n) is 3.84. The molecule has 2 rings (SSSR count). The second kappa shape index (κ2) is 6.29. The van der Waals surface area contributed by atoms with E-state index in [0.717, 1.165) is 17.3 Å². The van der Waals surface area contributed by atoms with E-state index in [1.165, 1.54) is 18.2 Å². The highest BCUT2D eigenvalue weighted by Crippen LogP contribution is 2.29. The maximum Gasteiger partial charge on any atom is 0.295 e. The fraction of sp³-hybridized carbons (Fsp3) is 0.455. The molecule has 0 bridgehead atoms. The summed E-state index contributed by atoms with van der Waals surface area (Å²) in [5.74, 6) is 2.65. The van der Waals surface area contributed by atoms with E-state index < -0.39 is 10.7 Å². The predicted molar refractivity (Wildman–Crippen MR) is 75.1 cm³/mol. The van der Waals surface area contributed by atoms with Gasteiger partial charge in [0.25, 0.3) is 5.69 Å². The number of nitrogens with one attached hydrogen (secondary N) is 1. The third-order valence-corrected chi connectivity index (χ3v) is 5.42. The van der Waals surface area contributed by atoms with Crippen LogP contribution >= 0.6 is 23.5 Å². The molecule has 1 aliphatic heterocycles. The van der Waals surface area contributed by atoms with Gasteiger partial charge in [0.15, 0.2) is 5.82 Å². The Kier molecular flexibility index (Phi) is 4.71. The van der Waals surface area contributed by atoms with E-state index in [1.807, 2.05) is 23.5 Å². The van der Waals surface area contributed by atoms with Crippen LogP contribution in [0.3, 0.4) is 0 Å². The van der Waals surface area contributed by atoms with Crippen molar-refractivity contribution in [2.24, 2.45) is 0 Å². The Morgan fingerprint density at radius 3 is 3.00 bits per heavy atom. The molecule has 1 heterocycles. The van der Waals surface area contributed by atoms with Crippen LogP contribution in [0.5, 0.6) is 0 Å². The zero-order valence-electron chi connectivity index (χ0n) is 9.60. The van der Waals surface area contributed by atoms with Crippen LogP contribution in [0.2, 0.25) is 0 Å². The van der Waals surface area contributed by atoms with Gasteiger partial charge in [0.1, 0.15) is 5.69 Å². The summed E-state index contributed by atoms with van der Waals surface area (Å²) in [7, 11) is 0. The summed E-state index contributed by atoms with van der Waals surface area (Å²) in [5.41, 5.74) is -0.206. The van der Waals surface area contributed by atoms with E-state index in [2.05, 4.69) is 5.32 Å². The predicted octanol–water partition coefficient (Wildman–Crippen LogP) is 2.99. The van der Waals surface area contributed by atoms with Gasteiger partial charge in [-0.15, -0.1) is 0 Å². The molecule has 1 fully saturated rings. The number of halogens is 1. The van der Waals surface area contributed by atoms with Crippen molar-refractivity contribution in [3.8, 4) is 0 Å². The van der Waals surface area contributed by atoms with Gasteiger partial charge in [-0.3, -0.25) is 10.1 Å². The Morgan fingerprint density at radius 2 is 2.33 bits per heavy atom. The largest absolute Gasteiger partial charge is 0.376 e. The van der Waals surface area contributed by atoms with Crippen molar-refractivity contribution in [1.82, 2.24) is 0 Å². The highest BCUT2D eigenvalue weighted by molar-refractivity contribution is 8.06. The summed E-state index contributed by atoms with van der Waals surface area (Å²) in [6.07, 6.45) is 0. The number of thioether (sulfide) groups is 2. The van der Waals surface area contributed by atoms with Crippen LogP contribution in [-0.4, -0.2) is 34.0 Å². The number of nitrogens with zero attached hydrogens (tertiary/aromatic N) is 1. The van der Waals surface area contributed by atoms with Crippen molar-refractivity contribution in [3.63, 3.8) is 0 Å². The van der Waals surface area contributed by atoms with Crippen molar-refractivity contribution in [1.29, 1.82) is 0 Å². The lowest BCUT2D eigenvalue weighted by molar-refractivity contribution is -0.384. The smallest absolute Gasteiger partial charge is 0.295 e. The van der Waals surface area contributed by atoms with Crippen molar-refractivity contribution in [2.45, 2.75) is 5.25 Å². The topological polar surface area (TPSA) is 55.2 Å². The van der Waals surface area contributed by atoms with Gasteiger partial charge in [-0.25, -0.2) is 4.39 Å². The lowest BCUT2D eigenvalue weighted by atomic mass is 10.2. The van der Waals surface area contributed by atoms with E-state index in [0.29, 0.717) is 11.8 Å². The van der Waals surface area contributed by atoms with Crippen LogP contribution in [0.25, 0.3) is 0 Å². The zero-order valence-corrected chi connectivity index (χ0v) is 11.2. The molecule has 1 aromatic carbocycles. The van der Waals surface area contributed by atoms with Crippen molar-refractivity contribution < 1.29 is 9.31 Å². The van der Waals surface area contributed by atoms with E-state index in [9.17, 15) is 14.5 Å². The number of nitro groups is 1. The molecule has 0 aromatic heterocycles. The Bertz CT molecular complexity index is 439. The Labute approximate surface area is 113 Å². The monoisotopic (exact) mass is 288 g/mol. The summed E-state index contributed by atoms with van der Waals surface area (Å²) in [5, 5.41) is 14.1. The third-order valence-electron chi connectivity index (χ3n) is 2.58. The Hall–Kier alpha value is -0.950. The van der Waals surface area contributed by atoms with E-state index >= 15 is 0 Å². The van der Waals surface area contributed by atoms with Crippen LogP contribution in [0.4, 0.5) is 15.8 Å². The number of anilines is 1. The molecule has 1 N–H and O–H groups in total. The molecule has 0 amide bonds. The molecule has 1 unspecified atom stereocenters. The fourth-order valence-corrected chi connectivity index (χ4v) is 4.32. The van der Waals surface area contributed by atoms with E-state index in [4.69, 9.17) is 0 Å². The number of para-hydroxylation sites is 1. The first kappa shape index (κ1) is 13.5. The summed E-state index contributed by atoms with van der Waals surface area (Å²) < 4.78 is 13.6. The number of benzene rings is 1. The minimum absolute atomic E-state index is 0.00123. The normalized spacial score (nSPS) is 19.5. The highest BCUT2D eigenvalue weighted by Gasteiger charge is 2.20. The summed E-state index contributed by atoms with van der Waals surface area (Å²) in [6.45, 7) is 0.555. The van der Waals surface area contributed by atoms with Crippen molar-refractivity contribution in [2.75, 3.05) is 29.1 Å². The van der Waals surface area contributed by atoms with Crippen LogP contribution in [0.1, 0.15) is 0 Å². The molecule has 0 spiro atoms. The Balaban J connectivity index is 2.05. The third kappa shape index (κ3) is 3.29. The summed E-state index contributed by atoms with van der Waals surface area (Å²) in [6, 6.07) is 3.90. The van der Waals surface area contributed by atoms with Crippen molar-refractivity contribution in [3.05, 3.63) is 34.1 Å². The second-order valence-corrected chi connectivity index (χ2v) is 6.40. The van der Waals surface area contributed by atoms with Gasteiger partial charge in [0, 0.05) is 35.1 Å². The van der Waals surface area contributed by atoms with Crippen LogP contribution in [-0.2, 0) is 0 Å². The number of hydrogen-bond donors (Lipinski definition) is 1. The molecule has 1 aliphatic rings. The molecule has 18 heavy (non-hydrogen) atoms. The molecule has 1 atom stereocenters. The van der Waals surface area contributed by atoms with Gasteiger partial charge in [-0.2, -0.15) is 23.5 Å². The average Bonchev–Trinajstić information content (AvgIpc) is 2.38. The molecule has 98 valence electrons.